The van der Waals surface area contributed by atoms with Crippen LogP contribution in [0, 0.1) is 0 Å². The molecule has 0 aliphatic rings. The molecule has 102 valence electrons. The fourth-order valence-corrected chi connectivity index (χ4v) is 2.85. The van der Waals surface area contributed by atoms with Crippen LogP contribution >= 0.6 is 0 Å². The maximum absolute atomic E-state index is 12.2. The molecule has 0 spiro atoms. The van der Waals surface area contributed by atoms with Gasteiger partial charge in [0.1, 0.15) is 0 Å². The van der Waals surface area contributed by atoms with Gasteiger partial charge in [0.05, 0.1) is 11.9 Å². The van der Waals surface area contributed by atoms with E-state index in [0.717, 1.165) is 6.54 Å². The summed E-state index contributed by atoms with van der Waals surface area (Å²) in [7, 11) is -1.73. The van der Waals surface area contributed by atoms with Gasteiger partial charge in [-0.2, -0.15) is 4.31 Å². The highest BCUT2D eigenvalue weighted by Gasteiger charge is 2.27. The summed E-state index contributed by atoms with van der Waals surface area (Å²) in [6, 6.07) is 0. The van der Waals surface area contributed by atoms with Crippen LogP contribution in [-0.2, 0) is 14.8 Å². The number of sulfonamides is 1. The molecule has 0 heterocycles. The number of rotatable bonds is 10. The zero-order chi connectivity index (χ0) is 13.3. The molecular weight excluding hydrogens is 240 g/mol. The molecule has 6 heteroatoms. The molecule has 17 heavy (non-hydrogen) atoms. The summed E-state index contributed by atoms with van der Waals surface area (Å²) >= 11 is 0. The van der Waals surface area contributed by atoms with Gasteiger partial charge < -0.3 is 10.1 Å². The third-order valence-electron chi connectivity index (χ3n) is 2.43. The van der Waals surface area contributed by atoms with E-state index in [4.69, 9.17) is 4.74 Å². The van der Waals surface area contributed by atoms with Gasteiger partial charge in [-0.15, -0.1) is 6.58 Å². The van der Waals surface area contributed by atoms with Crippen molar-refractivity contribution in [3.63, 3.8) is 0 Å². The molecule has 1 N–H and O–H groups in total. The van der Waals surface area contributed by atoms with Crippen molar-refractivity contribution in [3.8, 4) is 0 Å². The third kappa shape index (κ3) is 5.63. The second-order valence-corrected chi connectivity index (χ2v) is 6.15. The minimum atomic E-state index is -3.29. The molecule has 0 aliphatic heterocycles. The summed E-state index contributed by atoms with van der Waals surface area (Å²) < 4.78 is 30.8. The van der Waals surface area contributed by atoms with E-state index in [1.807, 2.05) is 6.92 Å². The van der Waals surface area contributed by atoms with Gasteiger partial charge in [0.15, 0.2) is 0 Å². The van der Waals surface area contributed by atoms with Crippen LogP contribution in [0.15, 0.2) is 12.7 Å². The summed E-state index contributed by atoms with van der Waals surface area (Å²) in [5.74, 6) is 0. The number of nitrogens with zero attached hydrogens (tertiary/aromatic N) is 1. The largest absolute Gasteiger partial charge is 0.383 e. The first-order valence-corrected chi connectivity index (χ1v) is 7.30. The van der Waals surface area contributed by atoms with Crippen molar-refractivity contribution >= 4 is 10.0 Å². The van der Waals surface area contributed by atoms with Crippen molar-refractivity contribution in [3.05, 3.63) is 12.7 Å². The molecule has 0 aliphatic carbocycles. The average Bonchev–Trinajstić information content (AvgIpc) is 2.31. The number of hydrogen-bond acceptors (Lipinski definition) is 4. The van der Waals surface area contributed by atoms with Gasteiger partial charge in [-0.3, -0.25) is 0 Å². The van der Waals surface area contributed by atoms with Crippen LogP contribution in [0.4, 0.5) is 0 Å². The number of ether oxygens (including phenoxy) is 1. The monoisotopic (exact) mass is 264 g/mol. The van der Waals surface area contributed by atoms with Gasteiger partial charge in [-0.1, -0.05) is 13.0 Å². The Labute approximate surface area is 105 Å². The van der Waals surface area contributed by atoms with Crippen LogP contribution < -0.4 is 5.32 Å². The summed E-state index contributed by atoms with van der Waals surface area (Å²) in [5.41, 5.74) is 0. The Hall–Kier alpha value is -0.430. The van der Waals surface area contributed by atoms with Crippen LogP contribution in [-0.4, -0.2) is 57.9 Å². The molecule has 0 saturated heterocycles. The molecule has 0 rings (SSSR count). The van der Waals surface area contributed by atoms with Crippen LogP contribution in [0.2, 0.25) is 0 Å². The normalized spacial score (nSPS) is 13.9. The van der Waals surface area contributed by atoms with Crippen LogP contribution in [0.25, 0.3) is 0 Å². The number of methoxy groups -OCH3 is 1. The van der Waals surface area contributed by atoms with Crippen molar-refractivity contribution in [2.75, 3.05) is 39.9 Å². The number of hydrogen-bond donors (Lipinski definition) is 1. The molecule has 1 atom stereocenters. The summed E-state index contributed by atoms with van der Waals surface area (Å²) in [6.07, 6.45) is 1.59. The lowest BCUT2D eigenvalue weighted by Crippen LogP contribution is -2.43. The van der Waals surface area contributed by atoms with E-state index in [1.54, 1.807) is 20.1 Å². The molecule has 0 amide bonds. The topological polar surface area (TPSA) is 58.6 Å². The maximum Gasteiger partial charge on any atom is 0.218 e. The fourth-order valence-electron chi connectivity index (χ4n) is 1.37. The molecular formula is C11H24N2O3S. The molecule has 0 fully saturated rings. The first kappa shape index (κ1) is 16.6. The molecule has 0 saturated carbocycles. The lowest BCUT2D eigenvalue weighted by molar-refractivity contribution is 0.181. The fraction of sp³-hybridized carbons (Fsp3) is 0.818. The number of nitrogens with one attached hydrogen (secondary N) is 1. The van der Waals surface area contributed by atoms with E-state index >= 15 is 0 Å². The first-order valence-electron chi connectivity index (χ1n) is 5.80. The van der Waals surface area contributed by atoms with E-state index in [2.05, 4.69) is 11.9 Å². The van der Waals surface area contributed by atoms with Gasteiger partial charge in [-0.25, -0.2) is 8.42 Å². The van der Waals surface area contributed by atoms with Crippen LogP contribution in [0.3, 0.4) is 0 Å². The smallest absolute Gasteiger partial charge is 0.218 e. The second-order valence-electron chi connectivity index (χ2n) is 3.80. The van der Waals surface area contributed by atoms with Gasteiger partial charge in [0.2, 0.25) is 10.0 Å². The SMILES string of the molecule is C=CCN(CCOC)S(=O)(=O)C(C)CNCC. The van der Waals surface area contributed by atoms with Crippen molar-refractivity contribution < 1.29 is 13.2 Å². The van der Waals surface area contributed by atoms with E-state index in [0.29, 0.717) is 26.2 Å². The van der Waals surface area contributed by atoms with E-state index in [1.165, 1.54) is 4.31 Å². The highest BCUT2D eigenvalue weighted by Crippen LogP contribution is 2.08. The molecule has 0 aromatic heterocycles. The Morgan fingerprint density at radius 3 is 2.65 bits per heavy atom. The standard InChI is InChI=1S/C11H24N2O3S/c1-5-7-13(8-9-16-4)17(14,15)11(3)10-12-6-2/h5,11-12H,1,6-10H2,2-4H3. The average molecular weight is 264 g/mol. The quantitative estimate of drug-likeness (QED) is 0.582. The minimum absolute atomic E-state index is 0.322. The molecule has 0 aromatic carbocycles. The highest BCUT2D eigenvalue weighted by atomic mass is 32.2. The summed E-state index contributed by atoms with van der Waals surface area (Å²) in [6.45, 7) is 9.54. The highest BCUT2D eigenvalue weighted by molar-refractivity contribution is 7.89. The van der Waals surface area contributed by atoms with E-state index < -0.39 is 15.3 Å². The Kier molecular flexibility index (Phi) is 8.41. The molecule has 1 unspecified atom stereocenters. The predicted molar refractivity (Wildman–Crippen MR) is 70.6 cm³/mol. The lowest BCUT2D eigenvalue weighted by Gasteiger charge is -2.24. The molecule has 0 radical (unpaired) electrons. The molecule has 5 nitrogen and oxygen atoms in total. The lowest BCUT2D eigenvalue weighted by atomic mass is 10.5. The van der Waals surface area contributed by atoms with Crippen molar-refractivity contribution in [2.45, 2.75) is 19.1 Å². The summed E-state index contributed by atoms with van der Waals surface area (Å²) in [5, 5.41) is 2.60. The predicted octanol–water partition coefficient (Wildman–Crippen LogP) is 0.449. The van der Waals surface area contributed by atoms with Crippen molar-refractivity contribution in [1.29, 1.82) is 0 Å². The summed E-state index contributed by atoms with van der Waals surface area (Å²) in [4.78, 5) is 0. The van der Waals surface area contributed by atoms with E-state index in [9.17, 15) is 8.42 Å². The first-order chi connectivity index (χ1) is 8.00. The Morgan fingerprint density at radius 1 is 1.53 bits per heavy atom. The Balaban J connectivity index is 4.62. The minimum Gasteiger partial charge on any atom is -0.383 e. The molecule has 0 bridgehead atoms. The Morgan fingerprint density at radius 2 is 2.18 bits per heavy atom. The zero-order valence-corrected chi connectivity index (χ0v) is 11.8. The van der Waals surface area contributed by atoms with Gasteiger partial charge >= 0.3 is 0 Å². The van der Waals surface area contributed by atoms with Crippen molar-refractivity contribution in [2.24, 2.45) is 0 Å². The maximum atomic E-state index is 12.2. The second kappa shape index (κ2) is 8.63. The van der Waals surface area contributed by atoms with Gasteiger partial charge in [-0.05, 0) is 13.5 Å². The van der Waals surface area contributed by atoms with E-state index in [-0.39, 0.29) is 0 Å². The molecule has 0 aromatic rings. The van der Waals surface area contributed by atoms with Crippen molar-refractivity contribution in [1.82, 2.24) is 9.62 Å². The van der Waals surface area contributed by atoms with Crippen LogP contribution in [0.1, 0.15) is 13.8 Å². The van der Waals surface area contributed by atoms with Gasteiger partial charge in [0.25, 0.3) is 0 Å². The van der Waals surface area contributed by atoms with Crippen LogP contribution in [0.5, 0.6) is 0 Å². The zero-order valence-electron chi connectivity index (χ0n) is 11.0. The third-order valence-corrected chi connectivity index (χ3v) is 4.66. The Bertz CT molecular complexity index is 304. The van der Waals surface area contributed by atoms with Gasteiger partial charge in [0, 0.05) is 26.7 Å².